The molecule has 0 amide bonds. The van der Waals surface area contributed by atoms with E-state index < -0.39 is 0 Å². The summed E-state index contributed by atoms with van der Waals surface area (Å²) in [6.45, 7) is 25.0. The Morgan fingerprint density at radius 1 is 0.424 bits per heavy atom. The Hall–Kier alpha value is -0.666. The SMILES string of the molecule is CC(C)(C)c1cccc(C(C)(C)C)c1[O-].CC(C)(C)c1cccc(C(C)(C)C)c1[O-].[Cl-].[Cl-].[Ti+4]. The number of hydrogen-bond acceptors (Lipinski definition) is 2. The zero-order chi connectivity index (χ0) is 23.7. The predicted molar refractivity (Wildman–Crippen MR) is 127 cm³/mol. The molecule has 0 N–H and O–H groups in total. The van der Waals surface area contributed by atoms with Crippen molar-refractivity contribution in [3.05, 3.63) is 58.7 Å². The van der Waals surface area contributed by atoms with Crippen LogP contribution in [-0.2, 0) is 43.4 Å². The summed E-state index contributed by atoms with van der Waals surface area (Å²) in [4.78, 5) is 0. The minimum Gasteiger partial charge on any atom is -1.00 e. The van der Waals surface area contributed by atoms with Crippen LogP contribution in [0.1, 0.15) is 105 Å². The van der Waals surface area contributed by atoms with Gasteiger partial charge >= 0.3 is 21.7 Å². The first-order valence-electron chi connectivity index (χ1n) is 10.9. The Morgan fingerprint density at radius 3 is 0.697 bits per heavy atom. The van der Waals surface area contributed by atoms with Crippen LogP contribution >= 0.6 is 0 Å². The minimum absolute atomic E-state index is 0. The van der Waals surface area contributed by atoms with Gasteiger partial charge in [-0.1, -0.05) is 142 Å². The van der Waals surface area contributed by atoms with E-state index in [2.05, 4.69) is 83.1 Å². The van der Waals surface area contributed by atoms with Crippen LogP contribution < -0.4 is 35.0 Å². The van der Waals surface area contributed by atoms with Crippen LogP contribution in [0.5, 0.6) is 11.5 Å². The third-order valence-corrected chi connectivity index (χ3v) is 5.26. The second-order valence-corrected chi connectivity index (χ2v) is 12.4. The Kier molecular flexibility index (Phi) is 14.4. The summed E-state index contributed by atoms with van der Waals surface area (Å²) in [5, 5.41) is 24.5. The number of benzene rings is 2. The molecule has 0 bridgehead atoms. The van der Waals surface area contributed by atoms with Gasteiger partial charge in [0.1, 0.15) is 0 Å². The molecule has 0 saturated carbocycles. The van der Waals surface area contributed by atoms with E-state index in [1.165, 1.54) is 0 Å². The largest absolute Gasteiger partial charge is 4.00 e. The Balaban J connectivity index is -0.000000500. The van der Waals surface area contributed by atoms with Gasteiger partial charge in [0.15, 0.2) is 0 Å². The Morgan fingerprint density at radius 2 is 0.576 bits per heavy atom. The van der Waals surface area contributed by atoms with Crippen molar-refractivity contribution in [2.24, 2.45) is 0 Å². The van der Waals surface area contributed by atoms with Crippen molar-refractivity contribution < 1.29 is 56.7 Å². The molecule has 0 radical (unpaired) electrons. The summed E-state index contributed by atoms with van der Waals surface area (Å²) < 4.78 is 0. The first-order chi connectivity index (χ1) is 13.3. The van der Waals surface area contributed by atoms with Gasteiger partial charge in [-0.05, 0) is 21.7 Å². The van der Waals surface area contributed by atoms with E-state index in [9.17, 15) is 10.2 Å². The number of hydrogen-bond donors (Lipinski definition) is 0. The van der Waals surface area contributed by atoms with Crippen LogP contribution in [0.4, 0.5) is 0 Å². The van der Waals surface area contributed by atoms with Gasteiger partial charge in [-0.15, -0.1) is 11.5 Å². The van der Waals surface area contributed by atoms with Gasteiger partial charge < -0.3 is 35.0 Å². The quantitative estimate of drug-likeness (QED) is 0.473. The molecule has 0 aliphatic heterocycles. The maximum atomic E-state index is 12.3. The zero-order valence-electron chi connectivity index (χ0n) is 22.5. The summed E-state index contributed by atoms with van der Waals surface area (Å²) in [7, 11) is 0. The third-order valence-electron chi connectivity index (χ3n) is 5.26. The summed E-state index contributed by atoms with van der Waals surface area (Å²) >= 11 is 0. The molecule has 2 rings (SSSR count). The molecule has 0 saturated heterocycles. The van der Waals surface area contributed by atoms with Crippen molar-refractivity contribution in [1.82, 2.24) is 0 Å². The van der Waals surface area contributed by atoms with Gasteiger partial charge in [0.05, 0.1) is 0 Å². The molecule has 5 heteroatoms. The molecule has 0 heterocycles. The fraction of sp³-hybridized carbons (Fsp3) is 0.571. The molecule has 0 aromatic heterocycles. The summed E-state index contributed by atoms with van der Waals surface area (Å²) in [6, 6.07) is 11.7. The predicted octanol–water partition coefficient (Wildman–Crippen LogP) is 0.716. The molecule has 0 unspecified atom stereocenters. The molecule has 0 fully saturated rings. The zero-order valence-corrected chi connectivity index (χ0v) is 25.6. The molecule has 2 aromatic rings. The maximum Gasteiger partial charge on any atom is 4.00 e. The molecule has 0 atom stereocenters. The van der Waals surface area contributed by atoms with Crippen LogP contribution in [0.25, 0.3) is 0 Å². The fourth-order valence-corrected chi connectivity index (χ4v) is 3.44. The molecule has 2 nitrogen and oxygen atoms in total. The topological polar surface area (TPSA) is 46.1 Å². The monoisotopic (exact) mass is 528 g/mol. The first-order valence-corrected chi connectivity index (χ1v) is 10.9. The molecule has 0 aliphatic carbocycles. The number of rotatable bonds is 0. The third kappa shape index (κ3) is 10.2. The van der Waals surface area contributed by atoms with Gasteiger partial charge in [0, 0.05) is 0 Å². The van der Waals surface area contributed by atoms with Gasteiger partial charge in [-0.3, -0.25) is 0 Å². The molecular weight excluding hydrogens is 487 g/mol. The van der Waals surface area contributed by atoms with E-state index in [0.717, 1.165) is 22.3 Å². The van der Waals surface area contributed by atoms with E-state index in [-0.39, 0.29) is 79.7 Å². The van der Waals surface area contributed by atoms with Gasteiger partial charge in [-0.2, -0.15) is 0 Å². The standard InChI is InChI=1S/2C14H22O.2ClH.Ti/c2*1-13(2,3)10-8-7-9-11(12(10)15)14(4,5)6;;;/h2*7-9,15H,1-6H3;2*1H;/q;;;;+4/p-4. The van der Waals surface area contributed by atoms with E-state index >= 15 is 0 Å². The Bertz CT molecular complexity index is 727. The molecule has 0 spiro atoms. The van der Waals surface area contributed by atoms with E-state index in [0.29, 0.717) is 0 Å². The molecular formula is C28H42Cl2O2Ti. The minimum atomic E-state index is -0.0711. The summed E-state index contributed by atoms with van der Waals surface area (Å²) in [5.41, 5.74) is 3.36. The van der Waals surface area contributed by atoms with Crippen molar-refractivity contribution in [3.63, 3.8) is 0 Å². The number of halogens is 2. The van der Waals surface area contributed by atoms with Crippen LogP contribution in [0, 0.1) is 0 Å². The van der Waals surface area contributed by atoms with Gasteiger partial charge in [0.2, 0.25) is 0 Å². The van der Waals surface area contributed by atoms with E-state index in [1.807, 2.05) is 36.4 Å². The second kappa shape index (κ2) is 12.9. The Labute approximate surface area is 230 Å². The maximum absolute atomic E-state index is 12.3. The van der Waals surface area contributed by atoms with Crippen LogP contribution in [0.15, 0.2) is 36.4 Å². The number of para-hydroxylation sites is 2. The summed E-state index contributed by atoms with van der Waals surface area (Å²) in [5.74, 6) is 0.412. The average molecular weight is 529 g/mol. The van der Waals surface area contributed by atoms with Gasteiger partial charge in [-0.25, -0.2) is 0 Å². The molecule has 0 aliphatic rings. The van der Waals surface area contributed by atoms with Crippen LogP contribution in [0.3, 0.4) is 0 Å². The molecule has 33 heavy (non-hydrogen) atoms. The van der Waals surface area contributed by atoms with Gasteiger partial charge in [0.25, 0.3) is 0 Å². The van der Waals surface area contributed by atoms with E-state index in [1.54, 1.807) is 0 Å². The second-order valence-electron chi connectivity index (χ2n) is 12.4. The fourth-order valence-electron chi connectivity index (χ4n) is 3.44. The smallest absolute Gasteiger partial charge is 1.00 e. The van der Waals surface area contributed by atoms with Crippen molar-refractivity contribution in [1.29, 1.82) is 0 Å². The van der Waals surface area contributed by atoms with Crippen LogP contribution in [0.2, 0.25) is 0 Å². The molecule has 184 valence electrons. The van der Waals surface area contributed by atoms with Crippen molar-refractivity contribution in [3.8, 4) is 11.5 Å². The normalized spacial score (nSPS) is 11.8. The first kappa shape index (κ1) is 36.9. The van der Waals surface area contributed by atoms with Crippen molar-refractivity contribution in [2.75, 3.05) is 0 Å². The summed E-state index contributed by atoms with van der Waals surface area (Å²) in [6.07, 6.45) is 0. The van der Waals surface area contributed by atoms with Crippen molar-refractivity contribution >= 4 is 0 Å². The average Bonchev–Trinajstić information content (AvgIpc) is 2.51. The molecule has 2 aromatic carbocycles. The van der Waals surface area contributed by atoms with Crippen LogP contribution in [-0.4, -0.2) is 0 Å². The van der Waals surface area contributed by atoms with E-state index in [4.69, 9.17) is 0 Å². The van der Waals surface area contributed by atoms with Crippen molar-refractivity contribution in [2.45, 2.75) is 105 Å².